The quantitative estimate of drug-likeness (QED) is 0.794. The Bertz CT molecular complexity index is 309. The molecule has 0 aromatic heterocycles. The summed E-state index contributed by atoms with van der Waals surface area (Å²) in [4.78, 5) is 14.2. The van der Waals surface area contributed by atoms with Crippen LogP contribution < -0.4 is 5.73 Å². The van der Waals surface area contributed by atoms with E-state index in [1.54, 1.807) is 16.7 Å². The van der Waals surface area contributed by atoms with Gasteiger partial charge in [-0.15, -0.1) is 0 Å². The Morgan fingerprint density at radius 1 is 1.56 bits per heavy atom. The minimum absolute atomic E-state index is 0.0394. The molecule has 2 N–H and O–H groups in total. The van der Waals surface area contributed by atoms with Crippen LogP contribution in [0.25, 0.3) is 0 Å². The number of amides is 1. The highest BCUT2D eigenvalue weighted by Gasteiger charge is 2.63. The largest absolute Gasteiger partial charge is 0.378 e. The lowest BCUT2D eigenvalue weighted by atomic mass is 9.54. The molecule has 1 rings (SSSR count). The Balaban J connectivity index is 2.68. The monoisotopic (exact) mass is 274 g/mol. The molecule has 2 atom stereocenters. The van der Waals surface area contributed by atoms with Gasteiger partial charge in [-0.2, -0.15) is 11.8 Å². The Kier molecular flexibility index (Phi) is 5.09. The van der Waals surface area contributed by atoms with Crippen LogP contribution in [0.4, 0.5) is 0 Å². The first-order chi connectivity index (χ1) is 8.31. The molecule has 0 spiro atoms. The molecule has 106 valence electrons. The molecule has 0 radical (unpaired) electrons. The van der Waals surface area contributed by atoms with E-state index in [1.165, 1.54) is 0 Å². The maximum atomic E-state index is 12.5. The fourth-order valence-corrected chi connectivity index (χ4v) is 2.92. The fourth-order valence-electron chi connectivity index (χ4n) is 2.47. The molecule has 0 heterocycles. The number of ether oxygens (including phenoxy) is 1. The zero-order valence-corrected chi connectivity index (χ0v) is 13.0. The third-order valence-corrected chi connectivity index (χ3v) is 4.78. The number of carbonyl (C=O) groups is 1. The van der Waals surface area contributed by atoms with Crippen molar-refractivity contribution in [3.8, 4) is 0 Å². The van der Waals surface area contributed by atoms with Crippen molar-refractivity contribution in [2.75, 3.05) is 32.2 Å². The summed E-state index contributed by atoms with van der Waals surface area (Å²) in [6.07, 6.45) is 2.75. The minimum Gasteiger partial charge on any atom is -0.378 e. The van der Waals surface area contributed by atoms with Gasteiger partial charge in [0.1, 0.15) is 5.54 Å². The van der Waals surface area contributed by atoms with Crippen LogP contribution in [0.3, 0.4) is 0 Å². The van der Waals surface area contributed by atoms with E-state index in [4.69, 9.17) is 10.5 Å². The molecule has 1 aliphatic carbocycles. The van der Waals surface area contributed by atoms with E-state index < -0.39 is 5.54 Å². The highest BCUT2D eigenvalue weighted by atomic mass is 32.2. The van der Waals surface area contributed by atoms with Crippen molar-refractivity contribution in [1.82, 2.24) is 4.90 Å². The number of rotatable bonds is 6. The van der Waals surface area contributed by atoms with Gasteiger partial charge in [-0.3, -0.25) is 4.79 Å². The molecule has 5 heteroatoms. The topological polar surface area (TPSA) is 55.6 Å². The number of thioether (sulfide) groups is 1. The number of hydrogen-bond acceptors (Lipinski definition) is 4. The lowest BCUT2D eigenvalue weighted by molar-refractivity contribution is -0.178. The number of carbonyl (C=O) groups excluding carboxylic acids is 1. The predicted molar refractivity (Wildman–Crippen MR) is 76.7 cm³/mol. The number of likely N-dealkylation sites (N-methyl/N-ethyl adjacent to an activating group) is 1. The van der Waals surface area contributed by atoms with Gasteiger partial charge in [0.25, 0.3) is 0 Å². The van der Waals surface area contributed by atoms with E-state index >= 15 is 0 Å². The van der Waals surface area contributed by atoms with Crippen LogP contribution in [-0.2, 0) is 9.53 Å². The lowest BCUT2D eigenvalue weighted by Gasteiger charge is -2.58. The summed E-state index contributed by atoms with van der Waals surface area (Å²) in [5.41, 5.74) is 5.26. The molecule has 0 aromatic rings. The van der Waals surface area contributed by atoms with Crippen molar-refractivity contribution in [3.63, 3.8) is 0 Å². The second-order valence-electron chi connectivity index (χ2n) is 5.56. The van der Waals surface area contributed by atoms with E-state index in [2.05, 4.69) is 0 Å². The van der Waals surface area contributed by atoms with Crippen molar-refractivity contribution in [2.24, 2.45) is 11.1 Å². The van der Waals surface area contributed by atoms with Gasteiger partial charge in [0, 0.05) is 37.8 Å². The Labute approximate surface area is 115 Å². The third-order valence-electron chi connectivity index (χ3n) is 4.19. The van der Waals surface area contributed by atoms with Gasteiger partial charge in [0.2, 0.25) is 5.91 Å². The van der Waals surface area contributed by atoms with E-state index in [0.29, 0.717) is 13.0 Å². The van der Waals surface area contributed by atoms with Gasteiger partial charge >= 0.3 is 0 Å². The van der Waals surface area contributed by atoms with E-state index in [-0.39, 0.29) is 17.4 Å². The highest BCUT2D eigenvalue weighted by Crippen LogP contribution is 2.50. The van der Waals surface area contributed by atoms with Gasteiger partial charge in [-0.25, -0.2) is 0 Å². The van der Waals surface area contributed by atoms with Crippen molar-refractivity contribution >= 4 is 17.7 Å². The molecule has 1 aliphatic rings. The summed E-state index contributed by atoms with van der Waals surface area (Å²) in [5, 5.41) is 0. The summed E-state index contributed by atoms with van der Waals surface area (Å²) in [5.74, 6) is 0.977. The molecule has 4 nitrogen and oxygen atoms in total. The zero-order valence-electron chi connectivity index (χ0n) is 12.2. The average molecular weight is 274 g/mol. The first-order valence-corrected chi connectivity index (χ1v) is 7.85. The second kappa shape index (κ2) is 5.80. The van der Waals surface area contributed by atoms with Gasteiger partial charge < -0.3 is 15.4 Å². The molecule has 1 amide bonds. The van der Waals surface area contributed by atoms with E-state index in [9.17, 15) is 4.79 Å². The summed E-state index contributed by atoms with van der Waals surface area (Å²) >= 11 is 1.73. The van der Waals surface area contributed by atoms with Gasteiger partial charge in [0.15, 0.2) is 0 Å². The van der Waals surface area contributed by atoms with E-state index in [1.807, 2.05) is 34.1 Å². The van der Waals surface area contributed by atoms with Crippen molar-refractivity contribution in [2.45, 2.75) is 38.8 Å². The minimum atomic E-state index is -0.778. The molecule has 0 aliphatic heterocycles. The average Bonchev–Trinajstić information content (AvgIpc) is 2.34. The Morgan fingerprint density at radius 2 is 2.17 bits per heavy atom. The van der Waals surface area contributed by atoms with Crippen molar-refractivity contribution < 1.29 is 9.53 Å². The SMILES string of the molecule is CCOC1CC(N)(C(=O)N(C)CCSC)C1(C)C. The Morgan fingerprint density at radius 3 is 2.61 bits per heavy atom. The van der Waals surface area contributed by atoms with Crippen molar-refractivity contribution in [1.29, 1.82) is 0 Å². The molecule has 1 saturated carbocycles. The number of nitrogens with zero attached hydrogens (tertiary/aromatic N) is 1. The summed E-state index contributed by atoms with van der Waals surface area (Å²) in [7, 11) is 1.83. The predicted octanol–water partition coefficient (Wildman–Crippen LogP) is 1.34. The molecule has 2 unspecified atom stereocenters. The normalized spacial score (nSPS) is 29.8. The molecule has 0 aromatic carbocycles. The van der Waals surface area contributed by atoms with Crippen LogP contribution in [0.15, 0.2) is 0 Å². The zero-order chi connectivity index (χ0) is 14.0. The molecule has 0 bridgehead atoms. The summed E-state index contributed by atoms with van der Waals surface area (Å²) in [6, 6.07) is 0. The van der Waals surface area contributed by atoms with Crippen LogP contribution in [0, 0.1) is 5.41 Å². The van der Waals surface area contributed by atoms with Gasteiger partial charge in [-0.05, 0) is 13.2 Å². The van der Waals surface area contributed by atoms with Crippen LogP contribution in [0.5, 0.6) is 0 Å². The van der Waals surface area contributed by atoms with Crippen LogP contribution in [-0.4, -0.2) is 54.7 Å². The highest BCUT2D eigenvalue weighted by molar-refractivity contribution is 7.98. The first-order valence-electron chi connectivity index (χ1n) is 6.46. The molecular formula is C13H26N2O2S. The van der Waals surface area contributed by atoms with Gasteiger partial charge in [-0.1, -0.05) is 13.8 Å². The smallest absolute Gasteiger partial charge is 0.243 e. The maximum Gasteiger partial charge on any atom is 0.243 e. The van der Waals surface area contributed by atoms with Gasteiger partial charge in [0.05, 0.1) is 6.10 Å². The fraction of sp³-hybridized carbons (Fsp3) is 0.923. The van der Waals surface area contributed by atoms with Crippen molar-refractivity contribution in [3.05, 3.63) is 0 Å². The molecule has 1 fully saturated rings. The summed E-state index contributed by atoms with van der Waals surface area (Å²) in [6.45, 7) is 7.43. The second-order valence-corrected chi connectivity index (χ2v) is 6.55. The maximum absolute atomic E-state index is 12.5. The summed E-state index contributed by atoms with van der Waals surface area (Å²) < 4.78 is 5.64. The van der Waals surface area contributed by atoms with Crippen LogP contribution >= 0.6 is 11.8 Å². The number of nitrogens with two attached hydrogens (primary N) is 1. The third kappa shape index (κ3) is 2.53. The molecular weight excluding hydrogens is 248 g/mol. The lowest BCUT2D eigenvalue weighted by Crippen LogP contribution is -2.75. The Hall–Kier alpha value is -0.260. The number of hydrogen-bond donors (Lipinski definition) is 1. The van der Waals surface area contributed by atoms with Crippen LogP contribution in [0.2, 0.25) is 0 Å². The van der Waals surface area contributed by atoms with Crippen LogP contribution in [0.1, 0.15) is 27.2 Å². The standard InChI is InChI=1S/C13H26N2O2S/c1-6-17-10-9-13(14,12(10,2)3)11(16)15(4)7-8-18-5/h10H,6-9,14H2,1-5H3. The first kappa shape index (κ1) is 15.8. The molecule has 0 saturated heterocycles. The molecule has 18 heavy (non-hydrogen) atoms. The van der Waals surface area contributed by atoms with E-state index in [0.717, 1.165) is 12.3 Å².